The van der Waals surface area contributed by atoms with Crippen molar-refractivity contribution in [2.75, 3.05) is 13.1 Å². The monoisotopic (exact) mass is 552 g/mol. The first-order valence-corrected chi connectivity index (χ1v) is 12.5. The summed E-state index contributed by atoms with van der Waals surface area (Å²) in [6, 6.07) is 6.35. The molecule has 0 bridgehead atoms. The lowest BCUT2D eigenvalue weighted by Gasteiger charge is -2.39. The number of carbonyl (C=O) groups excluding carboxylic acids is 1. The molecule has 0 unspecified atom stereocenters. The summed E-state index contributed by atoms with van der Waals surface area (Å²) in [5, 5.41) is 0.769. The van der Waals surface area contributed by atoms with Crippen LogP contribution in [0.4, 0.5) is 0 Å². The lowest BCUT2D eigenvalue weighted by molar-refractivity contribution is -0.140. The average Bonchev–Trinajstić information content (AvgIpc) is 2.83. The van der Waals surface area contributed by atoms with Gasteiger partial charge >= 0.3 is 0 Å². The maximum absolute atomic E-state index is 12.8. The zero-order valence-corrected chi connectivity index (χ0v) is 21.6. The fourth-order valence-electron chi connectivity index (χ4n) is 4.94. The Kier molecular flexibility index (Phi) is 6.36. The minimum atomic E-state index is -0.331. The maximum Gasteiger partial charge on any atom is 0.227 e. The van der Waals surface area contributed by atoms with E-state index < -0.39 is 0 Å². The van der Waals surface area contributed by atoms with Crippen LogP contribution in [-0.2, 0) is 17.6 Å². The predicted octanol–water partition coefficient (Wildman–Crippen LogP) is 6.78. The van der Waals surface area contributed by atoms with Gasteiger partial charge in [-0.1, -0.05) is 48.3 Å². The first-order chi connectivity index (χ1) is 14.1. The second-order valence-corrected chi connectivity index (χ2v) is 11.7. The van der Waals surface area contributed by atoms with Gasteiger partial charge in [0.2, 0.25) is 5.91 Å². The van der Waals surface area contributed by atoms with Crippen LogP contribution in [0.2, 0.25) is 5.02 Å². The molecular formula is C24H27Br2ClN2O. The standard InChI is InChI=1S/C24H27Br2ClN2O/c1-24(2,3)23(30)29-8-6-14(7-9-29)21-20-15(11-18(27)12-19(20)26)4-5-16-10-17(25)13-28-22(16)21/h10-14,21H,4-9H2,1-3H3/t21-/m1/s1. The smallest absolute Gasteiger partial charge is 0.227 e. The molecule has 1 aliphatic heterocycles. The van der Waals surface area contributed by atoms with Crippen LogP contribution in [0.1, 0.15) is 61.9 Å². The van der Waals surface area contributed by atoms with Crippen molar-refractivity contribution in [2.45, 2.75) is 52.4 Å². The third-order valence-electron chi connectivity index (χ3n) is 6.36. The molecule has 30 heavy (non-hydrogen) atoms. The molecule has 2 aliphatic rings. The lowest BCUT2D eigenvalue weighted by atomic mass is 9.76. The van der Waals surface area contributed by atoms with Gasteiger partial charge in [0.15, 0.2) is 0 Å². The molecule has 2 heterocycles. The van der Waals surface area contributed by atoms with Crippen molar-refractivity contribution in [3.05, 3.63) is 60.7 Å². The maximum atomic E-state index is 12.8. The summed E-state index contributed by atoms with van der Waals surface area (Å²) < 4.78 is 2.09. The number of aromatic nitrogens is 1. The Bertz CT molecular complexity index is 978. The Hall–Kier alpha value is -0.910. The van der Waals surface area contributed by atoms with E-state index in [9.17, 15) is 4.79 Å². The van der Waals surface area contributed by atoms with Crippen LogP contribution in [0.5, 0.6) is 0 Å². The number of amides is 1. The van der Waals surface area contributed by atoms with Crippen molar-refractivity contribution < 1.29 is 4.79 Å². The van der Waals surface area contributed by atoms with E-state index in [0.29, 0.717) is 5.92 Å². The molecule has 1 atom stereocenters. The van der Waals surface area contributed by atoms with Crippen LogP contribution < -0.4 is 0 Å². The number of nitrogens with zero attached hydrogens (tertiary/aromatic N) is 2. The number of hydrogen-bond acceptors (Lipinski definition) is 2. The van der Waals surface area contributed by atoms with Crippen molar-refractivity contribution in [3.63, 3.8) is 0 Å². The molecule has 160 valence electrons. The SMILES string of the molecule is CC(C)(C)C(=O)N1CCC([C@H]2c3ncc(Br)cc3CCc3cc(Cl)cc(Br)c32)CC1. The topological polar surface area (TPSA) is 33.2 Å². The van der Waals surface area contributed by atoms with E-state index in [0.717, 1.165) is 52.7 Å². The molecule has 0 radical (unpaired) electrons. The van der Waals surface area contributed by atoms with Gasteiger partial charge in [-0.15, -0.1) is 0 Å². The Morgan fingerprint density at radius 1 is 1.10 bits per heavy atom. The molecule has 3 nitrogen and oxygen atoms in total. The number of likely N-dealkylation sites (tertiary alicyclic amines) is 1. The van der Waals surface area contributed by atoms with Gasteiger partial charge in [-0.3, -0.25) is 9.78 Å². The van der Waals surface area contributed by atoms with Crippen molar-refractivity contribution in [3.8, 4) is 0 Å². The number of rotatable bonds is 1. The number of halogens is 3. The number of aryl methyl sites for hydroxylation is 2. The van der Waals surface area contributed by atoms with Crippen molar-refractivity contribution in [1.82, 2.24) is 9.88 Å². The van der Waals surface area contributed by atoms with E-state index in [4.69, 9.17) is 16.6 Å². The average molecular weight is 555 g/mol. The highest BCUT2D eigenvalue weighted by Gasteiger charge is 2.37. The minimum absolute atomic E-state index is 0.212. The molecule has 1 aromatic heterocycles. The molecule has 2 aromatic rings. The number of benzene rings is 1. The molecule has 4 rings (SSSR count). The van der Waals surface area contributed by atoms with E-state index in [1.807, 2.05) is 37.9 Å². The zero-order valence-electron chi connectivity index (χ0n) is 17.6. The zero-order chi connectivity index (χ0) is 21.6. The normalized spacial score (nSPS) is 19.8. The Balaban J connectivity index is 1.72. The summed E-state index contributed by atoms with van der Waals surface area (Å²) in [5.74, 6) is 0.900. The first-order valence-electron chi connectivity index (χ1n) is 10.6. The molecule has 1 amide bonds. The van der Waals surface area contributed by atoms with E-state index in [-0.39, 0.29) is 17.2 Å². The molecule has 0 saturated carbocycles. The number of fused-ring (bicyclic) bond motifs is 2. The molecule has 0 spiro atoms. The van der Waals surface area contributed by atoms with E-state index >= 15 is 0 Å². The summed E-state index contributed by atoms with van der Waals surface area (Å²) in [6.45, 7) is 7.62. The highest BCUT2D eigenvalue weighted by molar-refractivity contribution is 9.10. The molecule has 1 aromatic carbocycles. The Morgan fingerprint density at radius 2 is 1.77 bits per heavy atom. The van der Waals surface area contributed by atoms with Gasteiger partial charge in [0.05, 0.1) is 5.69 Å². The molecule has 1 fully saturated rings. The van der Waals surface area contributed by atoms with Crippen molar-refractivity contribution >= 4 is 49.4 Å². The predicted molar refractivity (Wildman–Crippen MR) is 129 cm³/mol. The Labute approximate surface area is 200 Å². The van der Waals surface area contributed by atoms with Crippen LogP contribution in [0.15, 0.2) is 33.3 Å². The quantitative estimate of drug-likeness (QED) is 0.390. The van der Waals surface area contributed by atoms with Crippen LogP contribution >= 0.6 is 43.5 Å². The second-order valence-electron chi connectivity index (χ2n) is 9.52. The van der Waals surface area contributed by atoms with Gasteiger partial charge in [-0.2, -0.15) is 0 Å². The largest absolute Gasteiger partial charge is 0.342 e. The van der Waals surface area contributed by atoms with Crippen LogP contribution in [0.3, 0.4) is 0 Å². The highest BCUT2D eigenvalue weighted by Crippen LogP contribution is 2.46. The number of pyridine rings is 1. The van der Waals surface area contributed by atoms with E-state index in [2.05, 4.69) is 44.0 Å². The van der Waals surface area contributed by atoms with Gasteiger partial charge < -0.3 is 4.90 Å². The van der Waals surface area contributed by atoms with Crippen molar-refractivity contribution in [2.24, 2.45) is 11.3 Å². The summed E-state index contributed by atoms with van der Waals surface area (Å²) in [7, 11) is 0. The number of hydrogen-bond donors (Lipinski definition) is 0. The molecule has 6 heteroatoms. The highest BCUT2D eigenvalue weighted by atomic mass is 79.9. The van der Waals surface area contributed by atoms with Gasteiger partial charge in [0.1, 0.15) is 0 Å². The number of carbonyl (C=O) groups is 1. The van der Waals surface area contributed by atoms with Gasteiger partial charge in [-0.05, 0) is 82.4 Å². The Morgan fingerprint density at radius 3 is 2.43 bits per heavy atom. The summed E-state index contributed by atoms with van der Waals surface area (Å²) >= 11 is 13.8. The molecule has 1 aliphatic carbocycles. The third-order valence-corrected chi connectivity index (χ3v) is 7.67. The van der Waals surface area contributed by atoms with E-state index in [1.54, 1.807) is 0 Å². The summed E-state index contributed by atoms with van der Waals surface area (Å²) in [6.07, 6.45) is 5.80. The van der Waals surface area contributed by atoms with Crippen LogP contribution in [-0.4, -0.2) is 28.9 Å². The van der Waals surface area contributed by atoms with Crippen LogP contribution in [0.25, 0.3) is 0 Å². The van der Waals surface area contributed by atoms with Gasteiger partial charge in [0, 0.05) is 44.6 Å². The molecule has 0 N–H and O–H groups in total. The third kappa shape index (κ3) is 4.35. The lowest BCUT2D eigenvalue weighted by Crippen LogP contribution is -2.45. The first kappa shape index (κ1) is 22.3. The van der Waals surface area contributed by atoms with Gasteiger partial charge in [-0.25, -0.2) is 0 Å². The fourth-order valence-corrected chi connectivity index (χ4v) is 6.44. The number of piperidine rings is 1. The van der Waals surface area contributed by atoms with Crippen LogP contribution in [0, 0.1) is 11.3 Å². The minimum Gasteiger partial charge on any atom is -0.342 e. The fraction of sp³-hybridized carbons (Fsp3) is 0.500. The van der Waals surface area contributed by atoms with Crippen molar-refractivity contribution in [1.29, 1.82) is 0 Å². The van der Waals surface area contributed by atoms with Gasteiger partial charge in [0.25, 0.3) is 0 Å². The second kappa shape index (κ2) is 8.55. The molecular weight excluding hydrogens is 528 g/mol. The molecule has 1 saturated heterocycles. The van der Waals surface area contributed by atoms with E-state index in [1.165, 1.54) is 22.4 Å². The summed E-state index contributed by atoms with van der Waals surface area (Å²) in [4.78, 5) is 19.7. The summed E-state index contributed by atoms with van der Waals surface area (Å²) in [5.41, 5.74) is 4.79.